The fourth-order valence-electron chi connectivity index (χ4n) is 1.68. The summed E-state index contributed by atoms with van der Waals surface area (Å²) in [5.41, 5.74) is 1.34. The number of nitriles is 1. The van der Waals surface area contributed by atoms with E-state index >= 15 is 0 Å². The Hall–Kier alpha value is -1.33. The molecule has 1 aliphatic rings. The second-order valence-corrected chi connectivity index (χ2v) is 4.30. The van der Waals surface area contributed by atoms with E-state index in [0.717, 1.165) is 32.4 Å². The zero-order valence-corrected chi connectivity index (χ0v) is 8.87. The molecule has 2 rings (SSSR count). The van der Waals surface area contributed by atoms with E-state index in [-0.39, 0.29) is 5.41 Å². The number of nitrogens with one attached hydrogen (secondary N) is 1. The summed E-state index contributed by atoms with van der Waals surface area (Å²) in [5.74, 6) is 0. The summed E-state index contributed by atoms with van der Waals surface area (Å²) >= 11 is 0. The van der Waals surface area contributed by atoms with Crippen LogP contribution < -0.4 is 5.32 Å². The molecule has 0 amide bonds. The van der Waals surface area contributed by atoms with Gasteiger partial charge in [0.05, 0.1) is 11.5 Å². The zero-order chi connectivity index (χ0) is 10.6. The summed E-state index contributed by atoms with van der Waals surface area (Å²) in [6.07, 6.45) is 3.19. The van der Waals surface area contributed by atoms with Gasteiger partial charge in [0.2, 0.25) is 0 Å². The van der Waals surface area contributed by atoms with Crippen LogP contribution in [0.5, 0.6) is 0 Å². The van der Waals surface area contributed by atoms with Crippen molar-refractivity contribution in [3.63, 3.8) is 0 Å². The fourth-order valence-corrected chi connectivity index (χ4v) is 1.68. The molecular formula is C13H16N2. The van der Waals surface area contributed by atoms with Crippen LogP contribution in [-0.2, 0) is 6.42 Å². The van der Waals surface area contributed by atoms with Gasteiger partial charge in [-0.15, -0.1) is 0 Å². The first-order valence-corrected chi connectivity index (χ1v) is 5.51. The Morgan fingerprint density at radius 1 is 1.27 bits per heavy atom. The Balaban J connectivity index is 1.66. The fraction of sp³-hybridized carbons (Fsp3) is 0.462. The third-order valence-electron chi connectivity index (χ3n) is 2.99. The molecule has 0 unspecified atom stereocenters. The molecule has 1 fully saturated rings. The highest BCUT2D eigenvalue weighted by molar-refractivity contribution is 5.15. The summed E-state index contributed by atoms with van der Waals surface area (Å²) in [7, 11) is 0. The maximum absolute atomic E-state index is 8.88. The third kappa shape index (κ3) is 2.81. The molecule has 0 spiro atoms. The Labute approximate surface area is 90.9 Å². The van der Waals surface area contributed by atoms with Gasteiger partial charge in [0.15, 0.2) is 0 Å². The van der Waals surface area contributed by atoms with Crippen LogP contribution in [0, 0.1) is 16.7 Å². The molecule has 2 heteroatoms. The molecule has 1 aliphatic carbocycles. The Bertz CT molecular complexity index is 347. The lowest BCUT2D eigenvalue weighted by Crippen LogP contribution is -2.25. The second-order valence-electron chi connectivity index (χ2n) is 4.30. The monoisotopic (exact) mass is 200 g/mol. The largest absolute Gasteiger partial charge is 0.315 e. The van der Waals surface area contributed by atoms with Gasteiger partial charge in [0.25, 0.3) is 0 Å². The van der Waals surface area contributed by atoms with Crippen molar-refractivity contribution in [1.82, 2.24) is 5.32 Å². The lowest BCUT2D eigenvalue weighted by atomic mass is 10.1. The van der Waals surface area contributed by atoms with Crippen molar-refractivity contribution in [3.8, 4) is 6.07 Å². The van der Waals surface area contributed by atoms with Crippen molar-refractivity contribution < 1.29 is 0 Å². The average molecular weight is 200 g/mol. The molecule has 0 saturated heterocycles. The van der Waals surface area contributed by atoms with Crippen molar-refractivity contribution >= 4 is 0 Å². The van der Waals surface area contributed by atoms with Gasteiger partial charge in [0, 0.05) is 6.54 Å². The van der Waals surface area contributed by atoms with Crippen LogP contribution in [0.2, 0.25) is 0 Å². The van der Waals surface area contributed by atoms with Crippen LogP contribution in [0.3, 0.4) is 0 Å². The SMILES string of the molecule is N#CC1(CNCCc2ccccc2)CC1. The molecule has 78 valence electrons. The minimum absolute atomic E-state index is 0.0172. The van der Waals surface area contributed by atoms with Crippen molar-refractivity contribution in [2.75, 3.05) is 13.1 Å². The maximum Gasteiger partial charge on any atom is 0.0703 e. The number of nitrogens with zero attached hydrogens (tertiary/aromatic N) is 1. The maximum atomic E-state index is 8.88. The van der Waals surface area contributed by atoms with E-state index in [4.69, 9.17) is 5.26 Å². The second kappa shape index (κ2) is 4.46. The molecule has 1 aromatic rings. The first-order chi connectivity index (χ1) is 7.35. The van der Waals surface area contributed by atoms with Crippen LogP contribution in [-0.4, -0.2) is 13.1 Å². The summed E-state index contributed by atoms with van der Waals surface area (Å²) in [6.45, 7) is 1.82. The molecule has 1 aromatic carbocycles. The topological polar surface area (TPSA) is 35.8 Å². The molecular weight excluding hydrogens is 184 g/mol. The van der Waals surface area contributed by atoms with Gasteiger partial charge in [-0.25, -0.2) is 0 Å². The number of hydrogen-bond acceptors (Lipinski definition) is 2. The third-order valence-corrected chi connectivity index (χ3v) is 2.99. The molecule has 0 bridgehead atoms. The minimum atomic E-state index is -0.0172. The predicted molar refractivity (Wildman–Crippen MR) is 60.3 cm³/mol. The van der Waals surface area contributed by atoms with Crippen LogP contribution in [0.25, 0.3) is 0 Å². The van der Waals surface area contributed by atoms with E-state index in [1.54, 1.807) is 0 Å². The molecule has 15 heavy (non-hydrogen) atoms. The quantitative estimate of drug-likeness (QED) is 0.739. The van der Waals surface area contributed by atoms with Crippen LogP contribution in [0.15, 0.2) is 30.3 Å². The Morgan fingerprint density at radius 3 is 2.60 bits per heavy atom. The van der Waals surface area contributed by atoms with Gasteiger partial charge in [-0.05, 0) is 31.4 Å². The number of rotatable bonds is 5. The van der Waals surface area contributed by atoms with E-state index < -0.39 is 0 Å². The van der Waals surface area contributed by atoms with E-state index in [0.29, 0.717) is 0 Å². The first kappa shape index (κ1) is 10.2. The average Bonchev–Trinajstić information content (AvgIpc) is 3.07. The van der Waals surface area contributed by atoms with Crippen LogP contribution in [0.4, 0.5) is 0 Å². The summed E-state index contributed by atoms with van der Waals surface area (Å²) in [4.78, 5) is 0. The number of hydrogen-bond donors (Lipinski definition) is 1. The summed E-state index contributed by atoms with van der Waals surface area (Å²) in [6, 6.07) is 12.8. The molecule has 0 radical (unpaired) electrons. The van der Waals surface area contributed by atoms with Crippen LogP contribution in [0.1, 0.15) is 18.4 Å². The number of benzene rings is 1. The van der Waals surface area contributed by atoms with Gasteiger partial charge in [-0.3, -0.25) is 0 Å². The van der Waals surface area contributed by atoms with Crippen molar-refractivity contribution in [1.29, 1.82) is 5.26 Å². The molecule has 1 N–H and O–H groups in total. The highest BCUT2D eigenvalue weighted by atomic mass is 14.9. The molecule has 1 saturated carbocycles. The molecule has 0 aliphatic heterocycles. The minimum Gasteiger partial charge on any atom is -0.315 e. The lowest BCUT2D eigenvalue weighted by molar-refractivity contribution is 0.560. The highest BCUT2D eigenvalue weighted by Gasteiger charge is 2.42. The first-order valence-electron chi connectivity index (χ1n) is 5.51. The smallest absolute Gasteiger partial charge is 0.0703 e. The standard InChI is InChI=1S/C13H16N2/c14-10-13(7-8-13)11-15-9-6-12-4-2-1-3-5-12/h1-5,15H,6-9,11H2. The van der Waals surface area contributed by atoms with E-state index in [2.05, 4.69) is 35.7 Å². The van der Waals surface area contributed by atoms with E-state index in [9.17, 15) is 0 Å². The van der Waals surface area contributed by atoms with E-state index in [1.165, 1.54) is 5.56 Å². The summed E-state index contributed by atoms with van der Waals surface area (Å²) in [5, 5.41) is 12.2. The van der Waals surface area contributed by atoms with Crippen LogP contribution >= 0.6 is 0 Å². The lowest BCUT2D eigenvalue weighted by Gasteiger charge is -2.07. The van der Waals surface area contributed by atoms with Crippen molar-refractivity contribution in [3.05, 3.63) is 35.9 Å². The molecule has 0 aromatic heterocycles. The van der Waals surface area contributed by atoms with Gasteiger partial charge < -0.3 is 5.32 Å². The van der Waals surface area contributed by atoms with Gasteiger partial charge in [-0.2, -0.15) is 5.26 Å². The van der Waals surface area contributed by atoms with Gasteiger partial charge in [0.1, 0.15) is 0 Å². The van der Waals surface area contributed by atoms with Gasteiger partial charge >= 0.3 is 0 Å². The van der Waals surface area contributed by atoms with Crippen molar-refractivity contribution in [2.45, 2.75) is 19.3 Å². The molecule has 0 heterocycles. The van der Waals surface area contributed by atoms with Gasteiger partial charge in [-0.1, -0.05) is 30.3 Å². The normalized spacial score (nSPS) is 17.0. The molecule has 0 atom stereocenters. The van der Waals surface area contributed by atoms with Crippen molar-refractivity contribution in [2.24, 2.45) is 5.41 Å². The Morgan fingerprint density at radius 2 is 2.00 bits per heavy atom. The Kier molecular flexibility index (Phi) is 3.03. The van der Waals surface area contributed by atoms with E-state index in [1.807, 2.05) is 6.07 Å². The summed E-state index contributed by atoms with van der Waals surface area (Å²) < 4.78 is 0. The highest BCUT2D eigenvalue weighted by Crippen LogP contribution is 2.43. The molecule has 2 nitrogen and oxygen atoms in total. The predicted octanol–water partition coefficient (Wildman–Crippen LogP) is 2.12. The zero-order valence-electron chi connectivity index (χ0n) is 8.87.